The number of anilines is 1. The lowest BCUT2D eigenvalue weighted by molar-refractivity contribution is -0.115. The smallest absolute Gasteiger partial charge is 0.250 e. The van der Waals surface area contributed by atoms with Crippen LogP contribution in [0.5, 0.6) is 0 Å². The van der Waals surface area contributed by atoms with Crippen molar-refractivity contribution in [2.24, 2.45) is 0 Å². The van der Waals surface area contributed by atoms with Crippen LogP contribution in [0.2, 0.25) is 0 Å². The van der Waals surface area contributed by atoms with Crippen LogP contribution in [0, 0.1) is 0 Å². The summed E-state index contributed by atoms with van der Waals surface area (Å²) >= 11 is 0. The first kappa shape index (κ1) is 14.8. The van der Waals surface area contributed by atoms with E-state index in [-0.39, 0.29) is 11.9 Å². The third-order valence-electron chi connectivity index (χ3n) is 3.49. The average Bonchev–Trinajstić information content (AvgIpc) is 2.50. The highest BCUT2D eigenvalue weighted by molar-refractivity contribution is 6.01. The lowest BCUT2D eigenvalue weighted by Gasteiger charge is -2.33. The Morgan fingerprint density at radius 2 is 2.20 bits per heavy atom. The molecule has 1 fully saturated rings. The third-order valence-corrected chi connectivity index (χ3v) is 3.49. The van der Waals surface area contributed by atoms with E-state index in [2.05, 4.69) is 6.92 Å². The predicted molar refractivity (Wildman–Crippen MR) is 81.8 cm³/mol. The maximum atomic E-state index is 12.5. The van der Waals surface area contributed by atoms with Crippen LogP contribution in [0.4, 0.5) is 5.69 Å². The summed E-state index contributed by atoms with van der Waals surface area (Å²) < 4.78 is 5.54. The fourth-order valence-corrected chi connectivity index (χ4v) is 2.47. The molecule has 0 radical (unpaired) electrons. The predicted octanol–water partition coefficient (Wildman–Crippen LogP) is 3.55. The van der Waals surface area contributed by atoms with Gasteiger partial charge >= 0.3 is 0 Å². The van der Waals surface area contributed by atoms with E-state index < -0.39 is 0 Å². The molecule has 3 nitrogen and oxygen atoms in total. The largest absolute Gasteiger partial charge is 0.379 e. The average molecular weight is 273 g/mol. The summed E-state index contributed by atoms with van der Waals surface area (Å²) in [5.74, 6) is 0.0557. The molecular weight excluding hydrogens is 250 g/mol. The van der Waals surface area contributed by atoms with E-state index in [9.17, 15) is 4.79 Å². The number of carbonyl (C=O) groups excluding carboxylic acids is 1. The molecule has 1 aliphatic heterocycles. The van der Waals surface area contributed by atoms with Gasteiger partial charge in [-0.1, -0.05) is 37.6 Å². The monoisotopic (exact) mass is 273 g/mol. The molecule has 1 unspecified atom stereocenters. The van der Waals surface area contributed by atoms with Gasteiger partial charge in [0.1, 0.15) is 0 Å². The van der Waals surface area contributed by atoms with E-state index in [0.29, 0.717) is 6.61 Å². The molecule has 2 rings (SSSR count). The van der Waals surface area contributed by atoms with Crippen LogP contribution < -0.4 is 4.90 Å². The first-order valence-corrected chi connectivity index (χ1v) is 7.45. The number of benzene rings is 1. The van der Waals surface area contributed by atoms with Gasteiger partial charge in [-0.3, -0.25) is 4.79 Å². The van der Waals surface area contributed by atoms with Crippen molar-refractivity contribution in [1.82, 2.24) is 0 Å². The quantitative estimate of drug-likeness (QED) is 0.768. The van der Waals surface area contributed by atoms with Gasteiger partial charge in [0, 0.05) is 12.3 Å². The maximum absolute atomic E-state index is 12.5. The zero-order valence-corrected chi connectivity index (χ0v) is 12.1. The molecule has 1 aromatic carbocycles. The molecule has 1 amide bonds. The fourth-order valence-electron chi connectivity index (χ4n) is 2.47. The second kappa shape index (κ2) is 7.85. The summed E-state index contributed by atoms with van der Waals surface area (Å²) in [6.45, 7) is 3.54. The van der Waals surface area contributed by atoms with Gasteiger partial charge < -0.3 is 9.64 Å². The van der Waals surface area contributed by atoms with E-state index in [1.807, 2.05) is 41.3 Å². The van der Waals surface area contributed by atoms with Crippen molar-refractivity contribution in [3.8, 4) is 0 Å². The summed E-state index contributed by atoms with van der Waals surface area (Å²) in [7, 11) is 0. The molecule has 108 valence electrons. The topological polar surface area (TPSA) is 29.5 Å². The third kappa shape index (κ3) is 3.94. The van der Waals surface area contributed by atoms with E-state index in [4.69, 9.17) is 4.74 Å². The molecule has 3 heteroatoms. The SMILES string of the molecule is CCCC=CC(=O)N(c1ccccc1)C1CCCOC1. The number of ether oxygens (including phenoxy) is 1. The molecule has 0 spiro atoms. The summed E-state index contributed by atoms with van der Waals surface area (Å²) in [4.78, 5) is 14.4. The minimum absolute atomic E-state index is 0.0557. The number of para-hydroxylation sites is 1. The Balaban J connectivity index is 2.17. The number of carbonyl (C=O) groups is 1. The van der Waals surface area contributed by atoms with Gasteiger partial charge in [0.15, 0.2) is 0 Å². The second-order valence-corrected chi connectivity index (χ2v) is 5.11. The highest BCUT2D eigenvalue weighted by atomic mass is 16.5. The van der Waals surface area contributed by atoms with Gasteiger partial charge in [0.05, 0.1) is 12.6 Å². The first-order chi connectivity index (χ1) is 9.83. The molecule has 1 saturated heterocycles. The van der Waals surface area contributed by atoms with Gasteiger partial charge in [-0.2, -0.15) is 0 Å². The van der Waals surface area contributed by atoms with Crippen molar-refractivity contribution in [2.75, 3.05) is 18.1 Å². The van der Waals surface area contributed by atoms with Crippen LogP contribution in [0.15, 0.2) is 42.5 Å². The van der Waals surface area contributed by atoms with Crippen molar-refractivity contribution >= 4 is 11.6 Å². The van der Waals surface area contributed by atoms with Gasteiger partial charge in [-0.25, -0.2) is 0 Å². The number of hydrogen-bond donors (Lipinski definition) is 0. The molecule has 0 bridgehead atoms. The minimum Gasteiger partial charge on any atom is -0.379 e. The van der Waals surface area contributed by atoms with Crippen LogP contribution in [0.1, 0.15) is 32.6 Å². The highest BCUT2D eigenvalue weighted by Gasteiger charge is 2.25. The number of rotatable bonds is 5. The van der Waals surface area contributed by atoms with Crippen molar-refractivity contribution in [1.29, 1.82) is 0 Å². The Morgan fingerprint density at radius 3 is 2.85 bits per heavy atom. The molecule has 0 N–H and O–H groups in total. The Hall–Kier alpha value is -1.61. The van der Waals surface area contributed by atoms with Gasteiger partial charge in [0.25, 0.3) is 5.91 Å². The van der Waals surface area contributed by atoms with E-state index >= 15 is 0 Å². The van der Waals surface area contributed by atoms with E-state index in [0.717, 1.165) is 38.0 Å². The second-order valence-electron chi connectivity index (χ2n) is 5.11. The Labute approximate surface area is 121 Å². The minimum atomic E-state index is 0.0557. The summed E-state index contributed by atoms with van der Waals surface area (Å²) in [5, 5.41) is 0. The molecule has 1 atom stereocenters. The Morgan fingerprint density at radius 1 is 1.40 bits per heavy atom. The Bertz CT molecular complexity index is 436. The fraction of sp³-hybridized carbons (Fsp3) is 0.471. The summed E-state index contributed by atoms with van der Waals surface area (Å²) in [5.41, 5.74) is 0.953. The molecule has 1 aliphatic rings. The number of amides is 1. The number of allylic oxidation sites excluding steroid dienone is 1. The number of unbranched alkanes of at least 4 members (excludes halogenated alkanes) is 1. The van der Waals surface area contributed by atoms with Crippen molar-refractivity contribution in [3.63, 3.8) is 0 Å². The molecule has 20 heavy (non-hydrogen) atoms. The molecule has 1 aromatic rings. The molecule has 1 heterocycles. The van der Waals surface area contributed by atoms with E-state index in [1.165, 1.54) is 0 Å². The maximum Gasteiger partial charge on any atom is 0.250 e. The lowest BCUT2D eigenvalue weighted by atomic mass is 10.1. The zero-order valence-electron chi connectivity index (χ0n) is 12.1. The van der Waals surface area contributed by atoms with Gasteiger partial charge in [0.2, 0.25) is 0 Å². The number of nitrogens with zero attached hydrogens (tertiary/aromatic N) is 1. The van der Waals surface area contributed by atoms with Crippen LogP contribution in [0.25, 0.3) is 0 Å². The number of hydrogen-bond acceptors (Lipinski definition) is 2. The van der Waals surface area contributed by atoms with Gasteiger partial charge in [-0.05, 0) is 37.5 Å². The summed E-state index contributed by atoms with van der Waals surface area (Å²) in [6.07, 6.45) is 7.67. The van der Waals surface area contributed by atoms with Crippen molar-refractivity contribution < 1.29 is 9.53 Å². The first-order valence-electron chi connectivity index (χ1n) is 7.45. The molecular formula is C17H23NO2. The van der Waals surface area contributed by atoms with Crippen LogP contribution in [-0.4, -0.2) is 25.2 Å². The Kier molecular flexibility index (Phi) is 5.81. The summed E-state index contributed by atoms with van der Waals surface area (Å²) in [6, 6.07) is 10.0. The molecule has 0 aromatic heterocycles. The molecule has 0 aliphatic carbocycles. The molecule has 0 saturated carbocycles. The van der Waals surface area contributed by atoms with Crippen molar-refractivity contribution in [3.05, 3.63) is 42.5 Å². The van der Waals surface area contributed by atoms with Crippen LogP contribution in [-0.2, 0) is 9.53 Å². The van der Waals surface area contributed by atoms with Crippen molar-refractivity contribution in [2.45, 2.75) is 38.6 Å². The van der Waals surface area contributed by atoms with E-state index in [1.54, 1.807) is 6.08 Å². The zero-order chi connectivity index (χ0) is 14.2. The standard InChI is InChI=1S/C17H23NO2/c1-2-3-5-12-17(19)18(15-9-6-4-7-10-15)16-11-8-13-20-14-16/h4-7,9-10,12,16H,2-3,8,11,13-14H2,1H3. The normalized spacial score (nSPS) is 19.1. The van der Waals surface area contributed by atoms with Crippen LogP contribution in [0.3, 0.4) is 0 Å². The van der Waals surface area contributed by atoms with Crippen LogP contribution >= 0.6 is 0 Å². The highest BCUT2D eigenvalue weighted by Crippen LogP contribution is 2.22. The lowest BCUT2D eigenvalue weighted by Crippen LogP contribution is -2.44. The van der Waals surface area contributed by atoms with Gasteiger partial charge in [-0.15, -0.1) is 0 Å².